The maximum absolute atomic E-state index is 11.2. The molecule has 26 heavy (non-hydrogen) atoms. The Labute approximate surface area is 156 Å². The van der Waals surface area contributed by atoms with Gasteiger partial charge in [-0.25, -0.2) is 9.66 Å². The summed E-state index contributed by atoms with van der Waals surface area (Å²) in [6.07, 6.45) is 2.62. The van der Waals surface area contributed by atoms with Gasteiger partial charge in [0.1, 0.15) is 5.82 Å². The van der Waals surface area contributed by atoms with Gasteiger partial charge in [0.2, 0.25) is 5.91 Å². The molecule has 0 atom stereocenters. The number of fused-ring (bicyclic) bond motifs is 2. The molecular weight excluding hydrogens is 348 g/mol. The van der Waals surface area contributed by atoms with E-state index < -0.39 is 0 Å². The Balaban J connectivity index is 1.86. The quantitative estimate of drug-likeness (QED) is 0.584. The third-order valence-corrected chi connectivity index (χ3v) is 4.48. The van der Waals surface area contributed by atoms with Crippen molar-refractivity contribution in [1.82, 2.24) is 9.66 Å². The number of aromatic nitrogens is 2. The Kier molecular flexibility index (Phi) is 4.09. The molecule has 3 aromatic rings. The zero-order valence-electron chi connectivity index (χ0n) is 14.5. The van der Waals surface area contributed by atoms with Crippen LogP contribution in [-0.2, 0) is 11.2 Å². The van der Waals surface area contributed by atoms with Crippen molar-refractivity contribution in [3.63, 3.8) is 0 Å². The Morgan fingerprint density at radius 2 is 1.96 bits per heavy atom. The molecule has 0 saturated heterocycles. The Morgan fingerprint density at radius 3 is 2.69 bits per heavy atom. The fourth-order valence-electron chi connectivity index (χ4n) is 3.13. The highest BCUT2D eigenvalue weighted by Crippen LogP contribution is 2.26. The molecular formula is C20H17ClN4O. The van der Waals surface area contributed by atoms with Gasteiger partial charge in [0, 0.05) is 35.2 Å². The van der Waals surface area contributed by atoms with E-state index in [4.69, 9.17) is 16.7 Å². The predicted octanol–water partition coefficient (Wildman–Crippen LogP) is 4.01. The molecule has 0 radical (unpaired) electrons. The first-order chi connectivity index (χ1) is 12.5. The number of aryl methyl sites for hydroxylation is 1. The lowest BCUT2D eigenvalue weighted by Gasteiger charge is -2.11. The molecule has 0 aliphatic carbocycles. The lowest BCUT2D eigenvalue weighted by atomic mass is 9.96. The molecule has 1 amide bonds. The summed E-state index contributed by atoms with van der Waals surface area (Å²) >= 11 is 6.25. The number of hydrogen-bond acceptors (Lipinski definition) is 3. The molecule has 0 bridgehead atoms. The van der Waals surface area contributed by atoms with Gasteiger partial charge in [0.15, 0.2) is 0 Å². The lowest BCUT2D eigenvalue weighted by Crippen LogP contribution is -2.08. The maximum Gasteiger partial charge on any atom is 0.221 e. The zero-order valence-corrected chi connectivity index (χ0v) is 15.2. The number of halogens is 1. The molecule has 1 N–H and O–H groups in total. The SMILES string of the molecule is CC(=O)Nc1ccc(C2=Nn3cc(C)nc3Cc3ccc(Cl)cc32)cc1. The smallest absolute Gasteiger partial charge is 0.221 e. The fraction of sp³-hybridized carbons (Fsp3) is 0.150. The van der Waals surface area contributed by atoms with Crippen LogP contribution in [0.15, 0.2) is 53.8 Å². The average Bonchev–Trinajstić information content (AvgIpc) is 2.87. The van der Waals surface area contributed by atoms with E-state index in [1.807, 2.05) is 60.3 Å². The second-order valence-corrected chi connectivity index (χ2v) is 6.76. The minimum atomic E-state index is -0.0970. The number of carbonyl (C=O) groups excluding carboxylic acids is 1. The summed E-state index contributed by atoms with van der Waals surface area (Å²) in [5.41, 5.74) is 5.58. The van der Waals surface area contributed by atoms with Gasteiger partial charge >= 0.3 is 0 Å². The molecule has 0 unspecified atom stereocenters. The number of benzene rings is 2. The first kappa shape index (κ1) is 16.5. The van der Waals surface area contributed by atoms with E-state index >= 15 is 0 Å². The van der Waals surface area contributed by atoms with Crippen LogP contribution in [0.25, 0.3) is 0 Å². The number of rotatable bonds is 2. The predicted molar refractivity (Wildman–Crippen MR) is 103 cm³/mol. The van der Waals surface area contributed by atoms with Crippen molar-refractivity contribution in [2.75, 3.05) is 5.32 Å². The molecule has 1 aromatic heterocycles. The van der Waals surface area contributed by atoms with E-state index in [2.05, 4.69) is 10.3 Å². The molecule has 1 aliphatic heterocycles. The topological polar surface area (TPSA) is 59.3 Å². The van der Waals surface area contributed by atoms with Crippen LogP contribution < -0.4 is 5.32 Å². The summed E-state index contributed by atoms with van der Waals surface area (Å²) in [5, 5.41) is 8.28. The molecule has 5 nitrogen and oxygen atoms in total. The molecule has 0 fully saturated rings. The van der Waals surface area contributed by atoms with Crippen molar-refractivity contribution in [3.8, 4) is 0 Å². The van der Waals surface area contributed by atoms with Crippen molar-refractivity contribution in [1.29, 1.82) is 0 Å². The molecule has 4 rings (SSSR count). The normalized spacial score (nSPS) is 12.7. The van der Waals surface area contributed by atoms with E-state index in [0.717, 1.165) is 39.6 Å². The minimum absolute atomic E-state index is 0.0970. The number of carbonyl (C=O) groups is 1. The maximum atomic E-state index is 11.2. The number of amides is 1. The van der Waals surface area contributed by atoms with Crippen LogP contribution in [0.3, 0.4) is 0 Å². The van der Waals surface area contributed by atoms with Crippen LogP contribution >= 0.6 is 11.6 Å². The van der Waals surface area contributed by atoms with E-state index in [1.165, 1.54) is 6.92 Å². The molecule has 1 aliphatic rings. The Hall–Kier alpha value is -2.92. The van der Waals surface area contributed by atoms with Crippen LogP contribution in [0.2, 0.25) is 5.02 Å². The molecule has 2 heterocycles. The van der Waals surface area contributed by atoms with Gasteiger partial charge in [0.25, 0.3) is 0 Å². The molecule has 0 saturated carbocycles. The van der Waals surface area contributed by atoms with Crippen molar-refractivity contribution in [3.05, 3.63) is 81.9 Å². The molecule has 130 valence electrons. The third kappa shape index (κ3) is 3.13. The third-order valence-electron chi connectivity index (χ3n) is 4.24. The van der Waals surface area contributed by atoms with E-state index in [1.54, 1.807) is 0 Å². The first-order valence-electron chi connectivity index (χ1n) is 8.30. The van der Waals surface area contributed by atoms with Gasteiger partial charge in [-0.15, -0.1) is 0 Å². The fourth-order valence-corrected chi connectivity index (χ4v) is 3.30. The molecule has 0 spiro atoms. The van der Waals surface area contributed by atoms with Crippen LogP contribution in [0.5, 0.6) is 0 Å². The van der Waals surface area contributed by atoms with Crippen LogP contribution in [0.1, 0.15) is 35.1 Å². The summed E-state index contributed by atoms with van der Waals surface area (Å²) in [6.45, 7) is 3.45. The number of imidazole rings is 1. The summed E-state index contributed by atoms with van der Waals surface area (Å²) in [6, 6.07) is 13.5. The average molecular weight is 365 g/mol. The second kappa shape index (κ2) is 6.42. The van der Waals surface area contributed by atoms with Gasteiger partial charge < -0.3 is 5.32 Å². The zero-order chi connectivity index (χ0) is 18.3. The minimum Gasteiger partial charge on any atom is -0.326 e. The van der Waals surface area contributed by atoms with Gasteiger partial charge in [-0.3, -0.25) is 4.79 Å². The first-order valence-corrected chi connectivity index (χ1v) is 8.68. The number of hydrogen-bond donors (Lipinski definition) is 1. The van der Waals surface area contributed by atoms with Crippen molar-refractivity contribution in [2.45, 2.75) is 20.3 Å². The summed E-state index contributed by atoms with van der Waals surface area (Å²) in [7, 11) is 0. The van der Waals surface area contributed by atoms with Gasteiger partial charge in [-0.05, 0) is 36.8 Å². The largest absolute Gasteiger partial charge is 0.326 e. The Morgan fingerprint density at radius 1 is 1.19 bits per heavy atom. The van der Waals surface area contributed by atoms with Crippen molar-refractivity contribution >= 4 is 28.9 Å². The lowest BCUT2D eigenvalue weighted by molar-refractivity contribution is -0.114. The molecule has 2 aromatic carbocycles. The van der Waals surface area contributed by atoms with E-state index in [-0.39, 0.29) is 5.91 Å². The number of nitrogens with zero attached hydrogens (tertiary/aromatic N) is 3. The van der Waals surface area contributed by atoms with Crippen LogP contribution in [0.4, 0.5) is 5.69 Å². The van der Waals surface area contributed by atoms with Gasteiger partial charge in [0.05, 0.1) is 17.6 Å². The van der Waals surface area contributed by atoms with Crippen LogP contribution in [-0.4, -0.2) is 21.3 Å². The monoisotopic (exact) mass is 364 g/mol. The second-order valence-electron chi connectivity index (χ2n) is 6.33. The van der Waals surface area contributed by atoms with E-state index in [9.17, 15) is 4.79 Å². The van der Waals surface area contributed by atoms with E-state index in [0.29, 0.717) is 11.4 Å². The standard InChI is InChI=1S/C20H17ClN4O/c1-12-11-25-19(22-12)9-15-3-6-16(21)10-18(15)20(24-25)14-4-7-17(8-5-14)23-13(2)26/h3-8,10-11H,9H2,1-2H3,(H,23,26). The van der Waals surface area contributed by atoms with Crippen LogP contribution in [0, 0.1) is 6.92 Å². The highest BCUT2D eigenvalue weighted by molar-refractivity contribution is 6.31. The number of nitrogens with one attached hydrogen (secondary N) is 1. The summed E-state index contributed by atoms with van der Waals surface area (Å²) in [4.78, 5) is 15.8. The highest BCUT2D eigenvalue weighted by atomic mass is 35.5. The molecule has 6 heteroatoms. The van der Waals surface area contributed by atoms with Gasteiger partial charge in [-0.1, -0.05) is 29.8 Å². The van der Waals surface area contributed by atoms with Crippen molar-refractivity contribution in [2.24, 2.45) is 5.10 Å². The Bertz CT molecular complexity index is 1030. The van der Waals surface area contributed by atoms with Gasteiger partial charge in [-0.2, -0.15) is 5.10 Å². The summed E-state index contributed by atoms with van der Waals surface area (Å²) in [5.74, 6) is 0.802. The number of anilines is 1. The summed E-state index contributed by atoms with van der Waals surface area (Å²) < 4.78 is 1.83. The highest BCUT2D eigenvalue weighted by Gasteiger charge is 2.20. The van der Waals surface area contributed by atoms with Crippen molar-refractivity contribution < 1.29 is 4.79 Å².